The Kier molecular flexibility index (Phi) is 6.59. The first-order valence-electron chi connectivity index (χ1n) is 8.74. The fourth-order valence-electron chi connectivity index (χ4n) is 2.75. The van der Waals surface area contributed by atoms with Gasteiger partial charge in [-0.25, -0.2) is 9.59 Å². The maximum atomic E-state index is 12.3. The van der Waals surface area contributed by atoms with Crippen molar-refractivity contribution in [3.05, 3.63) is 96.5 Å². The van der Waals surface area contributed by atoms with Gasteiger partial charge in [0.1, 0.15) is 17.9 Å². The quantitative estimate of drug-likeness (QED) is 0.287. The van der Waals surface area contributed by atoms with Crippen LogP contribution < -0.4 is 5.63 Å². The molecule has 0 aliphatic carbocycles. The van der Waals surface area contributed by atoms with Crippen molar-refractivity contribution in [1.29, 1.82) is 0 Å². The van der Waals surface area contributed by atoms with Gasteiger partial charge in [0.05, 0.1) is 9.95 Å². The first-order chi connectivity index (χ1) is 14.2. The molecular formula is C21H16ClNO6S. The molecule has 0 spiro atoms. The van der Waals surface area contributed by atoms with Crippen LogP contribution in [0.2, 0.25) is 5.02 Å². The number of hydrogen-bond donors (Lipinski definition) is 0. The Morgan fingerprint density at radius 1 is 1.17 bits per heavy atom. The first kappa shape index (κ1) is 21.6. The zero-order valence-corrected chi connectivity index (χ0v) is 17.6. The molecular weight excluding hydrogens is 430 g/mol. The average Bonchev–Trinajstić information content (AvgIpc) is 2.68. The van der Waals surface area contributed by atoms with E-state index in [-0.39, 0.29) is 23.6 Å². The summed E-state index contributed by atoms with van der Waals surface area (Å²) in [6, 6.07) is 12.8. The molecule has 3 rings (SSSR count). The number of non-ortho nitro benzene ring substituents is 1. The minimum Gasteiger partial charge on any atom is -0.457 e. The van der Waals surface area contributed by atoms with Crippen molar-refractivity contribution in [1.82, 2.24) is 0 Å². The Bertz CT molecular complexity index is 1150. The maximum absolute atomic E-state index is 12.3. The number of nitro groups is 1. The number of rotatable bonds is 6. The minimum absolute atomic E-state index is 0.0556. The lowest BCUT2D eigenvalue weighted by atomic mass is 10.1. The van der Waals surface area contributed by atoms with Gasteiger partial charge in [-0.15, -0.1) is 0 Å². The van der Waals surface area contributed by atoms with Gasteiger partial charge in [-0.3, -0.25) is 10.1 Å². The summed E-state index contributed by atoms with van der Waals surface area (Å²) in [6.45, 7) is 3.25. The topological polar surface area (TPSA) is 99.7 Å². The van der Waals surface area contributed by atoms with E-state index in [9.17, 15) is 19.7 Å². The molecule has 0 atom stereocenters. The Morgan fingerprint density at radius 2 is 1.87 bits per heavy atom. The smallest absolute Gasteiger partial charge is 0.342 e. The molecule has 1 heterocycles. The molecule has 0 amide bonds. The molecule has 0 saturated heterocycles. The third-order valence-electron chi connectivity index (χ3n) is 4.19. The van der Waals surface area contributed by atoms with Gasteiger partial charge in [0.15, 0.2) is 0 Å². The molecule has 154 valence electrons. The summed E-state index contributed by atoms with van der Waals surface area (Å²) in [5.41, 5.74) is 0.942. The molecule has 0 saturated carbocycles. The van der Waals surface area contributed by atoms with Gasteiger partial charge in [0.25, 0.3) is 5.69 Å². The molecule has 0 unspecified atom stereocenters. The number of aryl methyl sites for hydroxylation is 2. The Labute approximate surface area is 180 Å². The van der Waals surface area contributed by atoms with E-state index in [2.05, 4.69) is 0 Å². The monoisotopic (exact) mass is 445 g/mol. The van der Waals surface area contributed by atoms with Gasteiger partial charge in [-0.1, -0.05) is 35.5 Å². The molecule has 0 radical (unpaired) electrons. The van der Waals surface area contributed by atoms with Crippen LogP contribution in [-0.4, -0.2) is 10.9 Å². The predicted molar refractivity (Wildman–Crippen MR) is 112 cm³/mol. The largest absolute Gasteiger partial charge is 0.457 e. The Hall–Kier alpha value is -3.10. The number of nitrogens with zero attached hydrogens (tertiary/aromatic N) is 1. The van der Waals surface area contributed by atoms with Crippen molar-refractivity contribution in [3.63, 3.8) is 0 Å². The normalized spacial score (nSPS) is 10.6. The van der Waals surface area contributed by atoms with Crippen LogP contribution in [0.4, 0.5) is 5.69 Å². The molecule has 0 N–H and O–H groups in total. The number of esters is 1. The number of halogens is 1. The summed E-state index contributed by atoms with van der Waals surface area (Å²) >= 11 is 7.49. The molecule has 0 aliphatic heterocycles. The van der Waals surface area contributed by atoms with Gasteiger partial charge in [-0.05, 0) is 43.2 Å². The average molecular weight is 446 g/mol. The van der Waals surface area contributed by atoms with E-state index in [1.54, 1.807) is 32.0 Å². The Balaban J connectivity index is 1.65. The molecule has 7 nitrogen and oxygen atoms in total. The molecule has 1 aromatic heterocycles. The highest BCUT2D eigenvalue weighted by Crippen LogP contribution is 2.35. The van der Waals surface area contributed by atoms with E-state index in [0.29, 0.717) is 15.5 Å². The fraction of sp³-hybridized carbons (Fsp3) is 0.143. The van der Waals surface area contributed by atoms with Crippen molar-refractivity contribution in [2.75, 3.05) is 0 Å². The van der Waals surface area contributed by atoms with Gasteiger partial charge in [0, 0.05) is 28.0 Å². The van der Waals surface area contributed by atoms with E-state index in [1.165, 1.54) is 30.0 Å². The van der Waals surface area contributed by atoms with Gasteiger partial charge in [-0.2, -0.15) is 0 Å². The van der Waals surface area contributed by atoms with Crippen molar-refractivity contribution in [2.24, 2.45) is 0 Å². The second-order valence-electron chi connectivity index (χ2n) is 6.37. The van der Waals surface area contributed by atoms with Gasteiger partial charge >= 0.3 is 11.6 Å². The van der Waals surface area contributed by atoms with Crippen LogP contribution in [-0.2, 0) is 11.3 Å². The lowest BCUT2D eigenvalue weighted by Gasteiger charge is -2.09. The summed E-state index contributed by atoms with van der Waals surface area (Å²) in [5, 5.41) is 11.1. The van der Waals surface area contributed by atoms with E-state index in [1.807, 2.05) is 12.1 Å². The van der Waals surface area contributed by atoms with Crippen LogP contribution in [0.1, 0.15) is 27.2 Å². The predicted octanol–water partition coefficient (Wildman–Crippen LogP) is 5.33. The van der Waals surface area contributed by atoms with Crippen molar-refractivity contribution < 1.29 is 18.9 Å². The van der Waals surface area contributed by atoms with E-state index < -0.39 is 16.5 Å². The SMILES string of the molecule is Cc1cc(=O)oc(C)c1C(=O)OCc1ccc(Sc2ccc([N+](=O)[O-])cc2Cl)cc1. The van der Waals surface area contributed by atoms with Crippen molar-refractivity contribution in [3.8, 4) is 0 Å². The lowest BCUT2D eigenvalue weighted by Crippen LogP contribution is -2.12. The van der Waals surface area contributed by atoms with Crippen LogP contribution in [0.5, 0.6) is 0 Å². The van der Waals surface area contributed by atoms with Gasteiger partial charge in [0.2, 0.25) is 0 Å². The lowest BCUT2D eigenvalue weighted by molar-refractivity contribution is -0.384. The highest BCUT2D eigenvalue weighted by molar-refractivity contribution is 7.99. The van der Waals surface area contributed by atoms with Crippen molar-refractivity contribution >= 4 is 35.0 Å². The molecule has 2 aromatic carbocycles. The van der Waals surface area contributed by atoms with Crippen molar-refractivity contribution in [2.45, 2.75) is 30.2 Å². The second kappa shape index (κ2) is 9.15. The number of ether oxygens (including phenoxy) is 1. The Morgan fingerprint density at radius 3 is 2.47 bits per heavy atom. The van der Waals surface area contributed by atoms with Crippen LogP contribution in [0.3, 0.4) is 0 Å². The summed E-state index contributed by atoms with van der Waals surface area (Å²) in [6.07, 6.45) is 0. The third-order valence-corrected chi connectivity index (χ3v) is 5.69. The molecule has 9 heteroatoms. The molecule has 0 bridgehead atoms. The first-order valence-corrected chi connectivity index (χ1v) is 9.93. The van der Waals surface area contributed by atoms with Crippen LogP contribution in [0.25, 0.3) is 0 Å². The van der Waals surface area contributed by atoms with Crippen LogP contribution in [0.15, 0.2) is 67.5 Å². The highest BCUT2D eigenvalue weighted by Gasteiger charge is 2.17. The maximum Gasteiger partial charge on any atom is 0.342 e. The number of benzene rings is 2. The zero-order valence-electron chi connectivity index (χ0n) is 16.0. The standard InChI is InChI=1S/C21H16ClNO6S/c1-12-9-19(24)29-13(2)20(12)21(25)28-11-14-3-6-16(7-4-14)30-18-8-5-15(23(26)27)10-17(18)22/h3-10H,11H2,1-2H3. The number of hydrogen-bond acceptors (Lipinski definition) is 7. The molecule has 0 aliphatic rings. The van der Waals surface area contributed by atoms with E-state index in [0.717, 1.165) is 10.5 Å². The third kappa shape index (κ3) is 5.08. The van der Waals surface area contributed by atoms with Gasteiger partial charge < -0.3 is 9.15 Å². The van der Waals surface area contributed by atoms with E-state index >= 15 is 0 Å². The van der Waals surface area contributed by atoms with E-state index in [4.69, 9.17) is 20.8 Å². The second-order valence-corrected chi connectivity index (χ2v) is 7.90. The molecule has 3 aromatic rings. The summed E-state index contributed by atoms with van der Waals surface area (Å²) in [4.78, 5) is 35.5. The summed E-state index contributed by atoms with van der Waals surface area (Å²) in [5.74, 6) is -0.346. The summed E-state index contributed by atoms with van der Waals surface area (Å²) < 4.78 is 10.3. The summed E-state index contributed by atoms with van der Waals surface area (Å²) in [7, 11) is 0. The highest BCUT2D eigenvalue weighted by atomic mass is 35.5. The molecule has 30 heavy (non-hydrogen) atoms. The fourth-order valence-corrected chi connectivity index (χ4v) is 3.86. The number of nitro benzene ring substituents is 1. The minimum atomic E-state index is -0.565. The molecule has 0 fully saturated rings. The number of carbonyl (C=O) groups excluding carboxylic acids is 1. The number of carbonyl (C=O) groups is 1. The zero-order chi connectivity index (χ0) is 21.8. The van der Waals surface area contributed by atoms with Crippen LogP contribution in [0, 0.1) is 24.0 Å². The van der Waals surface area contributed by atoms with Crippen LogP contribution >= 0.6 is 23.4 Å².